The Hall–Kier alpha value is -2.51. The van der Waals surface area contributed by atoms with Gasteiger partial charge in [-0.1, -0.05) is 6.07 Å². The molecule has 0 saturated carbocycles. The number of sulfonamides is 1. The summed E-state index contributed by atoms with van der Waals surface area (Å²) in [5.74, 6) is -0.155. The number of ketones is 1. The van der Waals surface area contributed by atoms with Gasteiger partial charge in [-0.15, -0.1) is 0 Å². The molecule has 2 aromatic carbocycles. The Bertz CT molecular complexity index is 996. The zero-order valence-corrected chi connectivity index (χ0v) is 17.3. The van der Waals surface area contributed by atoms with Crippen molar-refractivity contribution in [1.82, 2.24) is 4.72 Å². The summed E-state index contributed by atoms with van der Waals surface area (Å²) in [6.45, 7) is 1.62. The predicted molar refractivity (Wildman–Crippen MR) is 110 cm³/mol. The van der Waals surface area contributed by atoms with Crippen LogP contribution in [0.5, 0.6) is 5.75 Å². The fraction of sp³-hybridized carbons (Fsp3) is 0.364. The number of benzene rings is 2. The highest BCUT2D eigenvalue weighted by molar-refractivity contribution is 7.89. The Morgan fingerprint density at radius 3 is 2.38 bits per heavy atom. The molecule has 1 N–H and O–H groups in total. The molecule has 0 amide bonds. The topological polar surface area (TPSA) is 89.5 Å². The average Bonchev–Trinajstić information content (AvgIpc) is 2.71. The highest BCUT2D eigenvalue weighted by Gasteiger charge is 2.17. The van der Waals surface area contributed by atoms with Gasteiger partial charge in [-0.2, -0.15) is 0 Å². The second kappa shape index (κ2) is 9.33. The molecule has 0 unspecified atom stereocenters. The van der Waals surface area contributed by atoms with Gasteiger partial charge < -0.3 is 4.74 Å². The van der Waals surface area contributed by atoms with Gasteiger partial charge in [0.1, 0.15) is 5.75 Å². The minimum atomic E-state index is -3.60. The van der Waals surface area contributed by atoms with Crippen molar-refractivity contribution in [2.45, 2.75) is 50.3 Å². The van der Waals surface area contributed by atoms with Crippen molar-refractivity contribution < 1.29 is 22.7 Å². The molecular weight excluding hydrogens is 390 g/mol. The molecule has 1 aliphatic carbocycles. The minimum Gasteiger partial charge on any atom is -0.427 e. The number of fused-ring (bicyclic) bond motifs is 1. The fourth-order valence-electron chi connectivity index (χ4n) is 3.34. The highest BCUT2D eigenvalue weighted by atomic mass is 32.2. The van der Waals surface area contributed by atoms with Gasteiger partial charge in [0, 0.05) is 18.5 Å². The second-order valence-electron chi connectivity index (χ2n) is 7.19. The first kappa shape index (κ1) is 21.2. The first-order chi connectivity index (χ1) is 13.8. The van der Waals surface area contributed by atoms with E-state index in [0.717, 1.165) is 31.2 Å². The summed E-state index contributed by atoms with van der Waals surface area (Å²) in [5.41, 5.74) is 2.88. The minimum absolute atomic E-state index is 0.0610. The smallest absolute Gasteiger partial charge is 0.311 e. The van der Waals surface area contributed by atoms with Crippen molar-refractivity contribution in [2.24, 2.45) is 0 Å². The molecule has 0 heterocycles. The van der Waals surface area contributed by atoms with Gasteiger partial charge in [0.2, 0.25) is 10.0 Å². The van der Waals surface area contributed by atoms with Crippen LogP contribution < -0.4 is 9.46 Å². The van der Waals surface area contributed by atoms with Crippen LogP contribution in [0.3, 0.4) is 0 Å². The van der Waals surface area contributed by atoms with Crippen LogP contribution in [0.2, 0.25) is 0 Å². The molecule has 6 nitrogen and oxygen atoms in total. The third-order valence-electron chi connectivity index (χ3n) is 4.97. The third-order valence-corrected chi connectivity index (χ3v) is 6.43. The SMILES string of the molecule is CC(=O)c1ccc(OC(=O)CCCNS(=O)(=O)c2ccc3c(c2)CCCC3)cc1. The van der Waals surface area contributed by atoms with E-state index in [9.17, 15) is 18.0 Å². The molecule has 0 radical (unpaired) electrons. The number of aryl methyl sites for hydroxylation is 2. The van der Waals surface area contributed by atoms with Crippen LogP contribution >= 0.6 is 0 Å². The Labute approximate surface area is 171 Å². The standard InChI is InChI=1S/C22H25NO5S/c1-16(24)17-8-11-20(12-9-17)28-22(25)7-4-14-23-29(26,27)21-13-10-18-5-2-3-6-19(18)15-21/h8-13,15,23H,2-7,14H2,1H3. The van der Waals surface area contributed by atoms with Gasteiger partial charge in [-0.25, -0.2) is 13.1 Å². The predicted octanol–water partition coefficient (Wildman–Crippen LogP) is 3.43. The van der Waals surface area contributed by atoms with Crippen molar-refractivity contribution >= 4 is 21.8 Å². The monoisotopic (exact) mass is 415 g/mol. The maximum atomic E-state index is 12.5. The molecule has 0 aromatic heterocycles. The van der Waals surface area contributed by atoms with E-state index < -0.39 is 16.0 Å². The largest absolute Gasteiger partial charge is 0.427 e. The zero-order chi connectivity index (χ0) is 20.9. The normalized spacial score (nSPS) is 13.6. The second-order valence-corrected chi connectivity index (χ2v) is 8.96. The maximum Gasteiger partial charge on any atom is 0.311 e. The molecular formula is C22H25NO5S. The molecule has 7 heteroatoms. The van der Waals surface area contributed by atoms with Crippen LogP contribution in [0, 0.1) is 0 Å². The van der Waals surface area contributed by atoms with Crippen molar-refractivity contribution in [3.63, 3.8) is 0 Å². The number of esters is 1. The van der Waals surface area contributed by atoms with Gasteiger partial charge in [0.25, 0.3) is 0 Å². The Morgan fingerprint density at radius 2 is 1.69 bits per heavy atom. The Balaban J connectivity index is 1.46. The quantitative estimate of drug-likeness (QED) is 0.309. The summed E-state index contributed by atoms with van der Waals surface area (Å²) < 4.78 is 32.7. The van der Waals surface area contributed by atoms with E-state index >= 15 is 0 Å². The third kappa shape index (κ3) is 5.74. The van der Waals surface area contributed by atoms with E-state index in [1.54, 1.807) is 36.4 Å². The van der Waals surface area contributed by atoms with Crippen LogP contribution in [0.1, 0.15) is 54.1 Å². The molecule has 3 rings (SSSR count). The van der Waals surface area contributed by atoms with Gasteiger partial charge in [0.05, 0.1) is 4.90 Å². The number of hydrogen-bond acceptors (Lipinski definition) is 5. The lowest BCUT2D eigenvalue weighted by atomic mass is 9.92. The number of hydrogen-bond donors (Lipinski definition) is 1. The molecule has 0 fully saturated rings. The summed E-state index contributed by atoms with van der Waals surface area (Å²) in [6, 6.07) is 11.6. The van der Waals surface area contributed by atoms with E-state index in [-0.39, 0.29) is 23.6 Å². The summed E-state index contributed by atoms with van der Waals surface area (Å²) in [4.78, 5) is 23.4. The number of nitrogens with one attached hydrogen (secondary N) is 1. The van der Waals surface area contributed by atoms with E-state index in [2.05, 4.69) is 4.72 Å². The van der Waals surface area contributed by atoms with E-state index in [4.69, 9.17) is 4.74 Å². The van der Waals surface area contributed by atoms with Crippen molar-refractivity contribution in [2.75, 3.05) is 6.54 Å². The molecule has 154 valence electrons. The lowest BCUT2D eigenvalue weighted by Gasteiger charge is -2.16. The molecule has 0 spiro atoms. The van der Waals surface area contributed by atoms with Crippen molar-refractivity contribution in [3.8, 4) is 5.75 Å². The summed E-state index contributed by atoms with van der Waals surface area (Å²) >= 11 is 0. The summed E-state index contributed by atoms with van der Waals surface area (Å²) in [6.07, 6.45) is 4.56. The van der Waals surface area contributed by atoms with Gasteiger partial charge >= 0.3 is 5.97 Å². The van der Waals surface area contributed by atoms with Crippen LogP contribution in [0.15, 0.2) is 47.4 Å². The zero-order valence-electron chi connectivity index (χ0n) is 16.4. The van der Waals surface area contributed by atoms with Gasteiger partial charge in [0.15, 0.2) is 5.78 Å². The van der Waals surface area contributed by atoms with Gasteiger partial charge in [-0.05, 0) is 86.6 Å². The van der Waals surface area contributed by atoms with E-state index in [1.807, 2.05) is 6.07 Å². The first-order valence-corrected chi connectivity index (χ1v) is 11.3. The number of Topliss-reactive ketones (excluding diaryl/α,β-unsaturated/α-hetero) is 1. The summed E-state index contributed by atoms with van der Waals surface area (Å²) in [7, 11) is -3.60. The van der Waals surface area contributed by atoms with Crippen LogP contribution in [-0.2, 0) is 27.7 Å². The molecule has 0 atom stereocenters. The maximum absolute atomic E-state index is 12.5. The first-order valence-electron chi connectivity index (χ1n) is 9.78. The Kier molecular flexibility index (Phi) is 6.82. The van der Waals surface area contributed by atoms with Gasteiger partial charge in [-0.3, -0.25) is 9.59 Å². The summed E-state index contributed by atoms with van der Waals surface area (Å²) in [5, 5.41) is 0. The number of rotatable bonds is 8. The fourth-order valence-corrected chi connectivity index (χ4v) is 4.46. The highest BCUT2D eigenvalue weighted by Crippen LogP contribution is 2.24. The Morgan fingerprint density at radius 1 is 1.00 bits per heavy atom. The molecule has 0 saturated heterocycles. The lowest BCUT2D eigenvalue weighted by molar-refractivity contribution is -0.134. The molecule has 1 aliphatic rings. The van der Waals surface area contributed by atoms with Crippen LogP contribution in [-0.4, -0.2) is 26.7 Å². The van der Waals surface area contributed by atoms with Crippen molar-refractivity contribution in [1.29, 1.82) is 0 Å². The number of carbonyl (C=O) groups is 2. The molecule has 2 aromatic rings. The molecule has 0 bridgehead atoms. The van der Waals surface area contributed by atoms with Crippen LogP contribution in [0.25, 0.3) is 0 Å². The van der Waals surface area contributed by atoms with Crippen molar-refractivity contribution in [3.05, 3.63) is 59.2 Å². The van der Waals surface area contributed by atoms with E-state index in [0.29, 0.717) is 17.7 Å². The van der Waals surface area contributed by atoms with Crippen LogP contribution in [0.4, 0.5) is 0 Å². The lowest BCUT2D eigenvalue weighted by Crippen LogP contribution is -2.26. The number of carbonyl (C=O) groups excluding carboxylic acids is 2. The number of ether oxygens (including phenoxy) is 1. The molecule has 0 aliphatic heterocycles. The average molecular weight is 416 g/mol. The van der Waals surface area contributed by atoms with E-state index in [1.165, 1.54) is 12.5 Å². The molecule has 29 heavy (non-hydrogen) atoms.